The van der Waals surface area contributed by atoms with Gasteiger partial charge in [0.2, 0.25) is 0 Å². The summed E-state index contributed by atoms with van der Waals surface area (Å²) in [7, 11) is 0. The largest absolute Gasteiger partial charge is 0.465 e. The third-order valence-corrected chi connectivity index (χ3v) is 3.46. The zero-order chi connectivity index (χ0) is 19.8. The quantitative estimate of drug-likeness (QED) is 0.380. The molecule has 2 N–H and O–H groups in total. The number of carbonyl (C=O) groups is 2. The van der Waals surface area contributed by atoms with Gasteiger partial charge in [-0.25, -0.2) is 4.79 Å². The van der Waals surface area contributed by atoms with Gasteiger partial charge in [0.1, 0.15) is 0 Å². The topological polar surface area (TPSA) is 78.6 Å². The summed E-state index contributed by atoms with van der Waals surface area (Å²) in [5, 5.41) is 0. The molecule has 26 heavy (non-hydrogen) atoms. The molecule has 0 heterocycles. The van der Waals surface area contributed by atoms with Gasteiger partial charge in [0.25, 0.3) is 0 Å². The fourth-order valence-electron chi connectivity index (χ4n) is 1.80. The Labute approximate surface area is 157 Å². The van der Waals surface area contributed by atoms with Crippen molar-refractivity contribution in [2.45, 2.75) is 58.9 Å². The highest BCUT2D eigenvalue weighted by Crippen LogP contribution is 2.06. The van der Waals surface area contributed by atoms with Crippen molar-refractivity contribution in [2.24, 2.45) is 5.73 Å². The Bertz CT molecular complexity index is 526. The van der Waals surface area contributed by atoms with Crippen molar-refractivity contribution in [3.8, 4) is 0 Å². The van der Waals surface area contributed by atoms with E-state index in [-0.39, 0.29) is 18.0 Å². The van der Waals surface area contributed by atoms with Gasteiger partial charge in [-0.15, -0.1) is 0 Å². The zero-order valence-electron chi connectivity index (χ0n) is 16.3. The van der Waals surface area contributed by atoms with E-state index in [1.165, 1.54) is 5.56 Å². The Kier molecular flexibility index (Phi) is 13.9. The van der Waals surface area contributed by atoms with E-state index in [4.69, 9.17) is 15.2 Å². The van der Waals surface area contributed by atoms with Crippen LogP contribution in [0.4, 0.5) is 0 Å². The summed E-state index contributed by atoms with van der Waals surface area (Å²) < 4.78 is 9.85. The molecule has 1 unspecified atom stereocenters. The molecule has 1 aromatic rings. The van der Waals surface area contributed by atoms with Crippen molar-refractivity contribution in [3.05, 3.63) is 48.0 Å². The summed E-state index contributed by atoms with van der Waals surface area (Å²) in [6.45, 7) is 10.3. The molecular formula is C21H33NO4. The maximum Gasteiger partial charge on any atom is 0.333 e. The predicted molar refractivity (Wildman–Crippen MR) is 105 cm³/mol. The van der Waals surface area contributed by atoms with Gasteiger partial charge in [-0.1, -0.05) is 63.6 Å². The van der Waals surface area contributed by atoms with Crippen LogP contribution in [0.25, 0.3) is 0 Å². The van der Waals surface area contributed by atoms with Gasteiger partial charge in [-0.05, 0) is 25.3 Å². The van der Waals surface area contributed by atoms with Crippen LogP contribution in [0.15, 0.2) is 42.5 Å². The van der Waals surface area contributed by atoms with Gasteiger partial charge in [0, 0.05) is 11.6 Å². The van der Waals surface area contributed by atoms with Crippen LogP contribution in [-0.4, -0.2) is 25.2 Å². The van der Waals surface area contributed by atoms with E-state index in [0.717, 1.165) is 25.7 Å². The average Bonchev–Trinajstić information content (AvgIpc) is 2.63. The summed E-state index contributed by atoms with van der Waals surface area (Å²) in [6.07, 6.45) is 3.49. The van der Waals surface area contributed by atoms with Crippen molar-refractivity contribution in [2.75, 3.05) is 13.2 Å². The van der Waals surface area contributed by atoms with E-state index in [2.05, 4.69) is 6.58 Å². The second-order valence-electron chi connectivity index (χ2n) is 6.04. The van der Waals surface area contributed by atoms with Gasteiger partial charge >= 0.3 is 11.9 Å². The van der Waals surface area contributed by atoms with Gasteiger partial charge in [0.15, 0.2) is 0 Å². The monoisotopic (exact) mass is 363 g/mol. The Morgan fingerprint density at radius 2 is 1.58 bits per heavy atom. The molecule has 0 radical (unpaired) electrons. The lowest BCUT2D eigenvalue weighted by molar-refractivity contribution is -0.146. The maximum atomic E-state index is 11.4. The molecule has 0 aromatic heterocycles. The normalized spacial score (nSPS) is 10.9. The van der Waals surface area contributed by atoms with E-state index in [9.17, 15) is 9.59 Å². The van der Waals surface area contributed by atoms with Gasteiger partial charge < -0.3 is 15.2 Å². The third kappa shape index (κ3) is 12.3. The standard InChI is InChI=1S/C13H22O4.C8H11N/c1-4-6-8-16-12(14)10-11(3)13(15)17-9-7-5-2;1-7(9)8-5-3-2-4-6-8/h3-10H2,1-2H3;2-7H,9H2,1H3. The highest BCUT2D eigenvalue weighted by molar-refractivity contribution is 5.93. The molecule has 1 aromatic carbocycles. The lowest BCUT2D eigenvalue weighted by Crippen LogP contribution is -2.13. The van der Waals surface area contributed by atoms with E-state index >= 15 is 0 Å². The second-order valence-corrected chi connectivity index (χ2v) is 6.04. The molecule has 0 amide bonds. The van der Waals surface area contributed by atoms with Crippen molar-refractivity contribution >= 4 is 11.9 Å². The molecular weight excluding hydrogens is 330 g/mol. The SMILES string of the molecule is C=C(CC(=O)OCCCC)C(=O)OCCCC.CC(N)c1ccccc1. The summed E-state index contributed by atoms with van der Waals surface area (Å²) in [5.41, 5.74) is 6.96. The summed E-state index contributed by atoms with van der Waals surface area (Å²) in [6, 6.07) is 10.2. The number of rotatable bonds is 10. The molecule has 0 aliphatic rings. The molecule has 0 saturated carbocycles. The maximum absolute atomic E-state index is 11.4. The number of hydrogen-bond acceptors (Lipinski definition) is 5. The lowest BCUT2D eigenvalue weighted by atomic mass is 10.1. The van der Waals surface area contributed by atoms with Crippen LogP contribution in [0.1, 0.15) is 64.5 Å². The fraction of sp³-hybridized carbons (Fsp3) is 0.524. The van der Waals surface area contributed by atoms with E-state index in [0.29, 0.717) is 13.2 Å². The first kappa shape index (κ1) is 23.9. The number of ether oxygens (including phenoxy) is 2. The Morgan fingerprint density at radius 1 is 1.04 bits per heavy atom. The third-order valence-electron chi connectivity index (χ3n) is 3.46. The van der Waals surface area contributed by atoms with Gasteiger partial charge in [-0.2, -0.15) is 0 Å². The van der Waals surface area contributed by atoms with Crippen LogP contribution < -0.4 is 5.73 Å². The van der Waals surface area contributed by atoms with Crippen LogP contribution in [0.2, 0.25) is 0 Å². The Morgan fingerprint density at radius 3 is 2.04 bits per heavy atom. The van der Waals surface area contributed by atoms with E-state index in [1.807, 2.05) is 51.1 Å². The highest BCUT2D eigenvalue weighted by atomic mass is 16.5. The van der Waals surface area contributed by atoms with Crippen LogP contribution >= 0.6 is 0 Å². The summed E-state index contributed by atoms with van der Waals surface area (Å²) in [4.78, 5) is 22.6. The second kappa shape index (κ2) is 15.1. The number of nitrogens with two attached hydrogens (primary N) is 1. The smallest absolute Gasteiger partial charge is 0.333 e. The minimum atomic E-state index is -0.508. The highest BCUT2D eigenvalue weighted by Gasteiger charge is 2.13. The van der Waals surface area contributed by atoms with Crippen LogP contribution in [0.3, 0.4) is 0 Å². The van der Waals surface area contributed by atoms with Crippen molar-refractivity contribution < 1.29 is 19.1 Å². The summed E-state index contributed by atoms with van der Waals surface area (Å²) in [5.74, 6) is -0.929. The lowest BCUT2D eigenvalue weighted by Gasteiger charge is -2.07. The zero-order valence-corrected chi connectivity index (χ0v) is 16.3. The predicted octanol–water partition coefficient (Wildman–Crippen LogP) is 4.33. The molecule has 1 atom stereocenters. The van der Waals surface area contributed by atoms with Crippen LogP contribution in [0, 0.1) is 0 Å². The van der Waals surface area contributed by atoms with E-state index < -0.39 is 11.9 Å². The van der Waals surface area contributed by atoms with Crippen LogP contribution in [-0.2, 0) is 19.1 Å². The average molecular weight is 363 g/mol. The number of benzene rings is 1. The number of unbranched alkanes of at least 4 members (excludes halogenated alkanes) is 2. The van der Waals surface area contributed by atoms with E-state index in [1.54, 1.807) is 0 Å². The van der Waals surface area contributed by atoms with Crippen molar-refractivity contribution in [1.82, 2.24) is 0 Å². The molecule has 0 aliphatic heterocycles. The fourth-order valence-corrected chi connectivity index (χ4v) is 1.80. The minimum Gasteiger partial charge on any atom is -0.465 e. The van der Waals surface area contributed by atoms with Crippen molar-refractivity contribution in [3.63, 3.8) is 0 Å². The molecule has 0 spiro atoms. The first-order valence-corrected chi connectivity index (χ1v) is 9.23. The van der Waals surface area contributed by atoms with Crippen molar-refractivity contribution in [1.29, 1.82) is 0 Å². The number of carbonyl (C=O) groups excluding carboxylic acids is 2. The molecule has 0 saturated heterocycles. The number of esters is 2. The first-order valence-electron chi connectivity index (χ1n) is 9.23. The molecule has 0 bridgehead atoms. The minimum absolute atomic E-state index is 0.0886. The molecule has 5 heteroatoms. The van der Waals surface area contributed by atoms with Crippen LogP contribution in [0.5, 0.6) is 0 Å². The molecule has 146 valence electrons. The Balaban J connectivity index is 0.000000577. The summed E-state index contributed by atoms with van der Waals surface area (Å²) >= 11 is 0. The van der Waals surface area contributed by atoms with Gasteiger partial charge in [-0.3, -0.25) is 4.79 Å². The molecule has 5 nitrogen and oxygen atoms in total. The Hall–Kier alpha value is -2.14. The first-order chi connectivity index (χ1) is 12.4. The number of hydrogen-bond donors (Lipinski definition) is 1. The molecule has 0 fully saturated rings. The molecule has 1 rings (SSSR count). The van der Waals surface area contributed by atoms with Gasteiger partial charge in [0.05, 0.1) is 19.6 Å². The molecule has 0 aliphatic carbocycles.